The molecule has 0 radical (unpaired) electrons. The molecule has 29 heavy (non-hydrogen) atoms. The zero-order valence-corrected chi connectivity index (χ0v) is 15.2. The number of amides is 1. The lowest BCUT2D eigenvalue weighted by Gasteiger charge is -2.23. The summed E-state index contributed by atoms with van der Waals surface area (Å²) in [5.41, 5.74) is -1.19. The lowest BCUT2D eigenvalue weighted by atomic mass is 10.1. The Kier molecular flexibility index (Phi) is 5.62. The Morgan fingerprint density at radius 1 is 1.48 bits per heavy atom. The minimum absolute atomic E-state index is 0.209. The van der Waals surface area contributed by atoms with Gasteiger partial charge in [-0.05, 0) is 0 Å². The predicted octanol–water partition coefficient (Wildman–Crippen LogP) is -0.130. The summed E-state index contributed by atoms with van der Waals surface area (Å²) in [6.07, 6.45) is -10.9. The Balaban J connectivity index is 2.04. The topological polar surface area (TPSA) is 152 Å². The number of anilines is 1. The Bertz CT molecular complexity index is 958. The molecule has 0 saturated carbocycles. The molecule has 1 amide bonds. The van der Waals surface area contributed by atoms with E-state index in [1.54, 1.807) is 13.8 Å². The minimum atomic E-state index is -5.10. The van der Waals surface area contributed by atoms with E-state index < -0.39 is 54.9 Å². The SMILES string of the molecule is CC(C)C(=O)Nc1nc2c(ncn2[C@@H]2O[C@H](CO)C(O)C2OC(F)(F)F)c(=O)[nH]1. The van der Waals surface area contributed by atoms with Crippen LogP contribution in [0.5, 0.6) is 0 Å². The second kappa shape index (κ2) is 7.70. The third kappa shape index (κ3) is 4.24. The first-order valence-electron chi connectivity index (χ1n) is 8.48. The predicted molar refractivity (Wildman–Crippen MR) is 89.5 cm³/mol. The van der Waals surface area contributed by atoms with E-state index >= 15 is 0 Å². The zero-order valence-electron chi connectivity index (χ0n) is 15.2. The summed E-state index contributed by atoms with van der Waals surface area (Å²) in [5.74, 6) is -1.12. The maximum atomic E-state index is 12.8. The Hall–Kier alpha value is -2.55. The molecule has 11 nitrogen and oxygen atoms in total. The van der Waals surface area contributed by atoms with Gasteiger partial charge >= 0.3 is 6.36 Å². The second-order valence-corrected chi connectivity index (χ2v) is 6.65. The molecule has 3 rings (SSSR count). The van der Waals surface area contributed by atoms with Crippen molar-refractivity contribution in [2.75, 3.05) is 11.9 Å². The van der Waals surface area contributed by atoms with Crippen molar-refractivity contribution >= 4 is 23.0 Å². The van der Waals surface area contributed by atoms with Crippen molar-refractivity contribution in [3.8, 4) is 0 Å². The number of carbonyl (C=O) groups is 1. The van der Waals surface area contributed by atoms with Crippen LogP contribution in [0.3, 0.4) is 0 Å². The molecule has 1 fully saturated rings. The van der Waals surface area contributed by atoms with Gasteiger partial charge in [-0.3, -0.25) is 29.2 Å². The van der Waals surface area contributed by atoms with E-state index in [9.17, 15) is 33.0 Å². The lowest BCUT2D eigenvalue weighted by molar-refractivity contribution is -0.355. The maximum Gasteiger partial charge on any atom is 0.523 e. The fourth-order valence-corrected chi connectivity index (χ4v) is 2.81. The molecule has 14 heteroatoms. The highest BCUT2D eigenvalue weighted by Crippen LogP contribution is 2.36. The van der Waals surface area contributed by atoms with Gasteiger partial charge in [0.1, 0.15) is 18.3 Å². The van der Waals surface area contributed by atoms with E-state index in [0.717, 1.165) is 10.9 Å². The van der Waals surface area contributed by atoms with Crippen molar-refractivity contribution in [3.05, 3.63) is 16.7 Å². The summed E-state index contributed by atoms with van der Waals surface area (Å²) in [7, 11) is 0. The molecule has 4 N–H and O–H groups in total. The van der Waals surface area contributed by atoms with Crippen molar-refractivity contribution in [1.29, 1.82) is 0 Å². The number of aromatic nitrogens is 4. The maximum absolute atomic E-state index is 12.8. The van der Waals surface area contributed by atoms with Crippen LogP contribution < -0.4 is 10.9 Å². The highest BCUT2D eigenvalue weighted by Gasteiger charge is 2.50. The van der Waals surface area contributed by atoms with Gasteiger partial charge in [-0.25, -0.2) is 4.98 Å². The Morgan fingerprint density at radius 3 is 2.76 bits per heavy atom. The van der Waals surface area contributed by atoms with Crippen LogP contribution in [0.25, 0.3) is 11.2 Å². The minimum Gasteiger partial charge on any atom is -0.394 e. The molecule has 1 aliphatic heterocycles. The number of aromatic amines is 1. The number of nitrogens with zero attached hydrogens (tertiary/aromatic N) is 3. The van der Waals surface area contributed by atoms with Crippen molar-refractivity contribution in [2.45, 2.75) is 44.7 Å². The van der Waals surface area contributed by atoms with Crippen molar-refractivity contribution < 1.29 is 37.7 Å². The summed E-state index contributed by atoms with van der Waals surface area (Å²) >= 11 is 0. The number of halogens is 3. The van der Waals surface area contributed by atoms with Crippen molar-refractivity contribution in [1.82, 2.24) is 19.5 Å². The van der Waals surface area contributed by atoms with Crippen LogP contribution in [-0.2, 0) is 14.3 Å². The van der Waals surface area contributed by atoms with Gasteiger partial charge in [0.05, 0.1) is 12.9 Å². The highest BCUT2D eigenvalue weighted by atomic mass is 19.4. The molecule has 2 unspecified atom stereocenters. The van der Waals surface area contributed by atoms with E-state index in [1.165, 1.54) is 0 Å². The third-order valence-corrected chi connectivity index (χ3v) is 4.23. The van der Waals surface area contributed by atoms with E-state index in [0.29, 0.717) is 0 Å². The number of alkyl halides is 3. The number of imidazole rings is 1. The highest BCUT2D eigenvalue weighted by molar-refractivity contribution is 5.91. The van der Waals surface area contributed by atoms with Gasteiger partial charge in [-0.15, -0.1) is 13.2 Å². The van der Waals surface area contributed by atoms with Gasteiger partial charge in [-0.2, -0.15) is 4.98 Å². The average Bonchev–Trinajstić information content (AvgIpc) is 3.16. The van der Waals surface area contributed by atoms with Crippen LogP contribution in [0.1, 0.15) is 20.1 Å². The number of aliphatic hydroxyl groups is 2. The number of hydrogen-bond donors (Lipinski definition) is 4. The summed E-state index contributed by atoms with van der Waals surface area (Å²) in [6, 6.07) is 0. The molecular formula is C15H18F3N5O6. The molecule has 4 atom stereocenters. The van der Waals surface area contributed by atoms with Crippen LogP contribution in [-0.4, -0.2) is 66.9 Å². The summed E-state index contributed by atoms with van der Waals surface area (Å²) in [4.78, 5) is 34.2. The molecule has 0 bridgehead atoms. The first kappa shape index (κ1) is 21.2. The number of carbonyl (C=O) groups excluding carboxylic acids is 1. The monoisotopic (exact) mass is 421 g/mol. The Morgan fingerprint density at radius 2 is 2.17 bits per heavy atom. The fraction of sp³-hybridized carbons (Fsp3) is 0.600. The number of fused-ring (bicyclic) bond motifs is 1. The van der Waals surface area contributed by atoms with Crippen molar-refractivity contribution in [3.63, 3.8) is 0 Å². The molecule has 0 spiro atoms. The summed E-state index contributed by atoms with van der Waals surface area (Å²) in [6.45, 7) is 2.45. The number of aliphatic hydroxyl groups excluding tert-OH is 2. The van der Waals surface area contributed by atoms with Crippen LogP contribution in [0, 0.1) is 5.92 Å². The van der Waals surface area contributed by atoms with Crippen LogP contribution in [0.4, 0.5) is 19.1 Å². The number of rotatable bonds is 5. The van der Waals surface area contributed by atoms with E-state index in [4.69, 9.17) is 4.74 Å². The van der Waals surface area contributed by atoms with Crippen LogP contribution in [0.2, 0.25) is 0 Å². The molecule has 1 saturated heterocycles. The van der Waals surface area contributed by atoms with E-state index in [-0.39, 0.29) is 17.1 Å². The molecule has 0 aliphatic carbocycles. The van der Waals surface area contributed by atoms with Gasteiger partial charge in [0.15, 0.2) is 17.4 Å². The van der Waals surface area contributed by atoms with Gasteiger partial charge in [0.25, 0.3) is 5.56 Å². The standard InChI is InChI=1S/C15H18F3N5O6/c1-5(2)11(26)21-14-20-10-7(12(27)22-14)19-4-23(10)13-9(29-15(16,17)18)8(25)6(3-24)28-13/h4-6,8-9,13,24-25H,3H2,1-2H3,(H2,20,21,22,26,27)/t6-,8?,9?,13-/m1/s1. The van der Waals surface area contributed by atoms with Crippen molar-refractivity contribution in [2.24, 2.45) is 5.92 Å². The smallest absolute Gasteiger partial charge is 0.394 e. The molecule has 0 aromatic carbocycles. The quantitative estimate of drug-likeness (QED) is 0.521. The largest absolute Gasteiger partial charge is 0.523 e. The number of nitrogens with one attached hydrogen (secondary N) is 2. The first-order valence-corrected chi connectivity index (χ1v) is 8.48. The first-order chi connectivity index (χ1) is 13.5. The number of ether oxygens (including phenoxy) is 2. The Labute approximate surface area is 160 Å². The van der Waals surface area contributed by atoms with Crippen LogP contribution >= 0.6 is 0 Å². The number of hydrogen-bond acceptors (Lipinski definition) is 8. The zero-order chi connectivity index (χ0) is 21.5. The number of H-pyrrole nitrogens is 1. The summed E-state index contributed by atoms with van der Waals surface area (Å²) < 4.78 is 48.6. The van der Waals surface area contributed by atoms with E-state index in [2.05, 4.69) is 25.0 Å². The molecule has 2 aromatic rings. The second-order valence-electron chi connectivity index (χ2n) is 6.65. The molecular weight excluding hydrogens is 403 g/mol. The summed E-state index contributed by atoms with van der Waals surface area (Å²) in [5, 5.41) is 21.7. The molecule has 1 aliphatic rings. The van der Waals surface area contributed by atoms with Gasteiger partial charge in [-0.1, -0.05) is 13.8 Å². The normalized spacial score (nSPS) is 25.1. The van der Waals surface area contributed by atoms with Gasteiger partial charge in [0, 0.05) is 5.92 Å². The fourth-order valence-electron chi connectivity index (χ4n) is 2.81. The lowest BCUT2D eigenvalue weighted by Crippen LogP contribution is -2.39. The molecule has 160 valence electrons. The molecule has 2 aromatic heterocycles. The van der Waals surface area contributed by atoms with Crippen LogP contribution in [0.15, 0.2) is 11.1 Å². The molecule has 3 heterocycles. The van der Waals surface area contributed by atoms with Gasteiger partial charge in [0.2, 0.25) is 11.9 Å². The van der Waals surface area contributed by atoms with E-state index in [1.807, 2.05) is 0 Å². The third-order valence-electron chi connectivity index (χ3n) is 4.23. The van der Waals surface area contributed by atoms with Gasteiger partial charge < -0.3 is 14.9 Å². The average molecular weight is 421 g/mol.